The molecule has 7 nitrogen and oxygen atoms in total. The Morgan fingerprint density at radius 2 is 2.12 bits per heavy atom. The van der Waals surface area contributed by atoms with E-state index in [1.807, 2.05) is 25.1 Å². The molecule has 0 bridgehead atoms. The van der Waals surface area contributed by atoms with Crippen molar-refractivity contribution in [3.63, 3.8) is 0 Å². The zero-order valence-corrected chi connectivity index (χ0v) is 16.0. The van der Waals surface area contributed by atoms with Crippen LogP contribution in [0.2, 0.25) is 0 Å². The minimum atomic E-state index is -0.511. The van der Waals surface area contributed by atoms with E-state index < -0.39 is 6.03 Å². The molecule has 4 amide bonds. The molecule has 0 saturated carbocycles. The quantitative estimate of drug-likeness (QED) is 0.793. The number of hydrogen-bond acceptors (Lipinski definition) is 3. The van der Waals surface area contributed by atoms with Gasteiger partial charge < -0.3 is 20.9 Å². The fourth-order valence-electron chi connectivity index (χ4n) is 2.94. The highest BCUT2D eigenvalue weighted by Gasteiger charge is 2.30. The van der Waals surface area contributed by atoms with Crippen LogP contribution in [0.5, 0.6) is 0 Å². The monoisotopic (exact) mass is 410 g/mol. The van der Waals surface area contributed by atoms with Gasteiger partial charge in [-0.2, -0.15) is 0 Å². The molecule has 0 aliphatic carbocycles. The lowest BCUT2D eigenvalue weighted by atomic mass is 9.97. The van der Waals surface area contributed by atoms with Crippen LogP contribution >= 0.6 is 15.9 Å². The van der Waals surface area contributed by atoms with Crippen molar-refractivity contribution >= 4 is 39.5 Å². The van der Waals surface area contributed by atoms with Crippen molar-refractivity contribution in [2.75, 3.05) is 32.0 Å². The lowest BCUT2D eigenvalue weighted by molar-refractivity contribution is -0.138. The topological polar surface area (TPSA) is 95.7 Å². The van der Waals surface area contributed by atoms with Crippen LogP contribution in [0.4, 0.5) is 10.5 Å². The van der Waals surface area contributed by atoms with Crippen molar-refractivity contribution in [1.82, 2.24) is 9.80 Å². The van der Waals surface area contributed by atoms with Gasteiger partial charge in [-0.05, 0) is 43.5 Å². The first kappa shape index (κ1) is 19.2. The number of urea groups is 1. The Kier molecular flexibility index (Phi) is 6.41. The van der Waals surface area contributed by atoms with Gasteiger partial charge in [-0.1, -0.05) is 15.9 Å². The van der Waals surface area contributed by atoms with Gasteiger partial charge in [0.2, 0.25) is 11.8 Å². The van der Waals surface area contributed by atoms with Gasteiger partial charge in [0.1, 0.15) is 0 Å². The van der Waals surface area contributed by atoms with Crippen LogP contribution in [-0.2, 0) is 9.59 Å². The maximum atomic E-state index is 12.5. The zero-order chi connectivity index (χ0) is 18.6. The molecule has 0 spiro atoms. The standard InChI is InChI=1S/C17H23BrN4O3/c1-11-8-13(18)5-6-14(11)20-15(23)10-21(2)16(24)12-4-3-7-22(9-12)17(19)25/h5-6,8,12H,3-4,7,9-10H2,1-2H3,(H2,19,25)(H,20,23)/t12-/m1/s1. The average molecular weight is 411 g/mol. The van der Waals surface area contributed by atoms with Gasteiger partial charge in [-0.25, -0.2) is 4.79 Å². The van der Waals surface area contributed by atoms with Crippen LogP contribution in [0.1, 0.15) is 18.4 Å². The number of aryl methyl sites for hydroxylation is 1. The predicted octanol–water partition coefficient (Wildman–Crippen LogP) is 1.95. The van der Waals surface area contributed by atoms with E-state index >= 15 is 0 Å². The third-order valence-electron chi connectivity index (χ3n) is 4.30. The molecular formula is C17H23BrN4O3. The Labute approximate surface area is 155 Å². The summed E-state index contributed by atoms with van der Waals surface area (Å²) in [5, 5.41) is 2.81. The number of carbonyl (C=O) groups excluding carboxylic acids is 3. The number of rotatable bonds is 4. The summed E-state index contributed by atoms with van der Waals surface area (Å²) in [5.74, 6) is -0.717. The van der Waals surface area contributed by atoms with Crippen LogP contribution < -0.4 is 11.1 Å². The molecule has 2 rings (SSSR count). The van der Waals surface area contributed by atoms with Crippen LogP contribution in [-0.4, -0.2) is 54.3 Å². The number of halogens is 1. The van der Waals surface area contributed by atoms with Crippen LogP contribution in [0.25, 0.3) is 0 Å². The third-order valence-corrected chi connectivity index (χ3v) is 4.80. The van der Waals surface area contributed by atoms with Gasteiger partial charge in [-0.3, -0.25) is 9.59 Å². The molecule has 1 aromatic rings. The van der Waals surface area contributed by atoms with E-state index in [1.165, 1.54) is 9.80 Å². The largest absolute Gasteiger partial charge is 0.351 e. The van der Waals surface area contributed by atoms with Crippen molar-refractivity contribution in [1.29, 1.82) is 0 Å². The second-order valence-corrected chi connectivity index (χ2v) is 7.24. The highest BCUT2D eigenvalue weighted by atomic mass is 79.9. The van der Waals surface area contributed by atoms with Crippen molar-refractivity contribution in [3.05, 3.63) is 28.2 Å². The smallest absolute Gasteiger partial charge is 0.314 e. The lowest BCUT2D eigenvalue weighted by Gasteiger charge is -2.32. The maximum absolute atomic E-state index is 12.5. The van der Waals surface area contributed by atoms with Gasteiger partial charge >= 0.3 is 6.03 Å². The molecule has 1 heterocycles. The number of primary amides is 1. The maximum Gasteiger partial charge on any atom is 0.314 e. The van der Waals surface area contributed by atoms with Gasteiger partial charge in [-0.15, -0.1) is 0 Å². The summed E-state index contributed by atoms with van der Waals surface area (Å²) in [6, 6.07) is 5.05. The third kappa shape index (κ3) is 5.19. The van der Waals surface area contributed by atoms with Gasteiger partial charge in [0.05, 0.1) is 12.5 Å². The van der Waals surface area contributed by atoms with Crippen LogP contribution in [0.3, 0.4) is 0 Å². The Morgan fingerprint density at radius 1 is 1.40 bits per heavy atom. The van der Waals surface area contributed by atoms with Crippen molar-refractivity contribution in [3.8, 4) is 0 Å². The predicted molar refractivity (Wildman–Crippen MR) is 99.0 cm³/mol. The van der Waals surface area contributed by atoms with Gasteiger partial charge in [0, 0.05) is 30.3 Å². The van der Waals surface area contributed by atoms with E-state index in [4.69, 9.17) is 5.73 Å². The molecule has 1 atom stereocenters. The first-order valence-corrected chi connectivity index (χ1v) is 8.92. The number of likely N-dealkylation sites (tertiary alicyclic amines) is 1. The molecule has 136 valence electrons. The number of amides is 4. The molecule has 0 aromatic heterocycles. The van der Waals surface area contributed by atoms with E-state index in [-0.39, 0.29) is 24.3 Å². The Hall–Kier alpha value is -2.09. The summed E-state index contributed by atoms with van der Waals surface area (Å²) in [4.78, 5) is 38.9. The van der Waals surface area contributed by atoms with Crippen molar-refractivity contribution in [2.45, 2.75) is 19.8 Å². The second kappa shape index (κ2) is 8.33. The zero-order valence-electron chi connectivity index (χ0n) is 14.4. The fourth-order valence-corrected chi connectivity index (χ4v) is 3.42. The minimum absolute atomic E-state index is 0.0403. The number of piperidine rings is 1. The van der Waals surface area contributed by atoms with E-state index in [0.29, 0.717) is 25.2 Å². The molecule has 1 aromatic carbocycles. The van der Waals surface area contributed by atoms with E-state index in [1.54, 1.807) is 7.05 Å². The van der Waals surface area contributed by atoms with E-state index in [0.717, 1.165) is 16.5 Å². The summed E-state index contributed by atoms with van der Waals surface area (Å²) < 4.78 is 0.937. The van der Waals surface area contributed by atoms with Crippen LogP contribution in [0.15, 0.2) is 22.7 Å². The molecule has 8 heteroatoms. The first-order chi connectivity index (χ1) is 11.8. The molecule has 1 aliphatic heterocycles. The van der Waals surface area contributed by atoms with E-state index in [2.05, 4.69) is 21.2 Å². The summed E-state index contributed by atoms with van der Waals surface area (Å²) in [5.41, 5.74) is 6.94. The SMILES string of the molecule is Cc1cc(Br)ccc1NC(=O)CN(C)C(=O)[C@@H]1CCCN(C(N)=O)C1. The molecular weight excluding hydrogens is 388 g/mol. The first-order valence-electron chi connectivity index (χ1n) is 8.13. The summed E-state index contributed by atoms with van der Waals surface area (Å²) in [7, 11) is 1.60. The number of nitrogens with one attached hydrogen (secondary N) is 1. The Balaban J connectivity index is 1.91. The molecule has 0 radical (unpaired) electrons. The van der Waals surface area contributed by atoms with Gasteiger partial charge in [0.15, 0.2) is 0 Å². The van der Waals surface area contributed by atoms with Crippen LogP contribution in [0, 0.1) is 12.8 Å². The van der Waals surface area contributed by atoms with Gasteiger partial charge in [0.25, 0.3) is 0 Å². The number of carbonyl (C=O) groups is 3. The molecule has 0 unspecified atom stereocenters. The highest BCUT2D eigenvalue weighted by Crippen LogP contribution is 2.21. The minimum Gasteiger partial charge on any atom is -0.351 e. The molecule has 1 aliphatic rings. The number of nitrogens with zero attached hydrogens (tertiary/aromatic N) is 2. The number of nitrogens with two attached hydrogens (primary N) is 1. The summed E-state index contributed by atoms with van der Waals surface area (Å²) in [6.45, 7) is 2.75. The molecule has 3 N–H and O–H groups in total. The molecule has 1 saturated heterocycles. The normalized spacial score (nSPS) is 17.1. The summed E-state index contributed by atoms with van der Waals surface area (Å²) in [6.07, 6.45) is 1.43. The average Bonchev–Trinajstić information content (AvgIpc) is 2.56. The van der Waals surface area contributed by atoms with E-state index in [9.17, 15) is 14.4 Å². The van der Waals surface area contributed by atoms with Crippen molar-refractivity contribution < 1.29 is 14.4 Å². The highest BCUT2D eigenvalue weighted by molar-refractivity contribution is 9.10. The number of benzene rings is 1. The number of anilines is 1. The molecule has 1 fully saturated rings. The Morgan fingerprint density at radius 3 is 2.76 bits per heavy atom. The number of likely N-dealkylation sites (N-methyl/N-ethyl adjacent to an activating group) is 1. The summed E-state index contributed by atoms with van der Waals surface area (Å²) >= 11 is 3.38. The van der Waals surface area contributed by atoms with Crippen molar-refractivity contribution in [2.24, 2.45) is 11.7 Å². The fraction of sp³-hybridized carbons (Fsp3) is 0.471. The molecule has 25 heavy (non-hydrogen) atoms. The number of hydrogen-bond donors (Lipinski definition) is 2. The lowest BCUT2D eigenvalue weighted by Crippen LogP contribution is -2.48. The second-order valence-electron chi connectivity index (χ2n) is 6.33. The Bertz CT molecular complexity index is 680.